The second kappa shape index (κ2) is 13.8. The summed E-state index contributed by atoms with van der Waals surface area (Å²) in [5.41, 5.74) is 11.9. The molecule has 258 valence electrons. The molecule has 0 fully saturated rings. The van der Waals surface area contributed by atoms with Crippen molar-refractivity contribution in [2.45, 2.75) is 0 Å². The third-order valence-corrected chi connectivity index (χ3v) is 10.1. The highest BCUT2D eigenvalue weighted by Crippen LogP contribution is 2.37. The van der Waals surface area contributed by atoms with Crippen molar-refractivity contribution in [2.24, 2.45) is 0 Å². The highest BCUT2D eigenvalue weighted by molar-refractivity contribution is 6.11. The molecule has 5 nitrogen and oxygen atoms in total. The maximum Gasteiger partial charge on any atom is 0.164 e. The zero-order chi connectivity index (χ0) is 36.6. The summed E-state index contributed by atoms with van der Waals surface area (Å²) < 4.78 is 2.28. The van der Waals surface area contributed by atoms with Crippen molar-refractivity contribution in [2.75, 3.05) is 0 Å². The van der Waals surface area contributed by atoms with Crippen LogP contribution in [-0.4, -0.2) is 24.5 Å². The van der Waals surface area contributed by atoms with E-state index in [0.717, 1.165) is 44.7 Å². The number of hydrogen-bond donors (Lipinski definition) is 0. The molecule has 0 saturated heterocycles. The molecule has 0 atom stereocenters. The van der Waals surface area contributed by atoms with Crippen molar-refractivity contribution in [3.8, 4) is 73.4 Å². The van der Waals surface area contributed by atoms with Gasteiger partial charge in [0.15, 0.2) is 17.5 Å². The first kappa shape index (κ1) is 32.2. The van der Waals surface area contributed by atoms with E-state index in [2.05, 4.69) is 138 Å². The Kier molecular flexibility index (Phi) is 8.08. The van der Waals surface area contributed by atoms with Gasteiger partial charge in [0.2, 0.25) is 0 Å². The van der Waals surface area contributed by atoms with E-state index in [4.69, 9.17) is 19.9 Å². The van der Waals surface area contributed by atoms with E-state index in [0.29, 0.717) is 17.5 Å². The summed E-state index contributed by atoms with van der Waals surface area (Å²) in [4.78, 5) is 19.6. The van der Waals surface area contributed by atoms with Crippen molar-refractivity contribution < 1.29 is 0 Å². The van der Waals surface area contributed by atoms with Crippen LogP contribution >= 0.6 is 0 Å². The molecule has 0 spiro atoms. The lowest BCUT2D eigenvalue weighted by Crippen LogP contribution is -2.00. The van der Waals surface area contributed by atoms with Crippen molar-refractivity contribution >= 4 is 21.8 Å². The van der Waals surface area contributed by atoms with Crippen molar-refractivity contribution in [3.63, 3.8) is 0 Å². The lowest BCUT2D eigenvalue weighted by molar-refractivity contribution is 1.07. The van der Waals surface area contributed by atoms with Crippen LogP contribution in [0, 0.1) is 0 Å². The maximum atomic E-state index is 4.95. The molecule has 10 rings (SSSR count). The van der Waals surface area contributed by atoms with Crippen LogP contribution in [0.3, 0.4) is 0 Å². The Morgan fingerprint density at radius 3 is 1.09 bits per heavy atom. The SMILES string of the molecule is c1ccc(-c2ccc3c(c2)c2cc(-c4ccccc4)ccc2n3-c2cc(-c3ccc(-c4nc(-c5ccccc5)nc(-c5ccccc5)n4)cc3)ccn2)cc1. The third kappa shape index (κ3) is 6.14. The number of aromatic nitrogens is 5. The molecular formula is C50H33N5. The van der Waals surface area contributed by atoms with Gasteiger partial charge in [0.05, 0.1) is 11.0 Å². The zero-order valence-electron chi connectivity index (χ0n) is 29.8. The molecule has 0 unspecified atom stereocenters. The van der Waals surface area contributed by atoms with E-state index < -0.39 is 0 Å². The fourth-order valence-electron chi connectivity index (χ4n) is 7.36. The van der Waals surface area contributed by atoms with E-state index in [1.165, 1.54) is 33.0 Å². The average Bonchev–Trinajstić information content (AvgIpc) is 3.60. The molecule has 3 heterocycles. The van der Waals surface area contributed by atoms with Gasteiger partial charge < -0.3 is 0 Å². The lowest BCUT2D eigenvalue weighted by atomic mass is 10.0. The van der Waals surface area contributed by atoms with Crippen LogP contribution in [0.25, 0.3) is 95.2 Å². The Labute approximate surface area is 318 Å². The maximum absolute atomic E-state index is 4.95. The highest BCUT2D eigenvalue weighted by Gasteiger charge is 2.17. The van der Waals surface area contributed by atoms with Gasteiger partial charge in [-0.15, -0.1) is 0 Å². The van der Waals surface area contributed by atoms with Gasteiger partial charge in [-0.2, -0.15) is 0 Å². The average molecular weight is 704 g/mol. The Morgan fingerprint density at radius 1 is 0.291 bits per heavy atom. The normalized spacial score (nSPS) is 11.3. The molecule has 3 aromatic heterocycles. The lowest BCUT2D eigenvalue weighted by Gasteiger charge is -2.11. The molecule has 0 bridgehead atoms. The first-order valence-corrected chi connectivity index (χ1v) is 18.4. The highest BCUT2D eigenvalue weighted by atomic mass is 15.1. The molecule has 0 aliphatic carbocycles. The summed E-state index contributed by atoms with van der Waals surface area (Å²) in [7, 11) is 0. The van der Waals surface area contributed by atoms with Gasteiger partial charge >= 0.3 is 0 Å². The molecule has 0 amide bonds. The minimum Gasteiger partial charge on any atom is -0.294 e. The van der Waals surface area contributed by atoms with Crippen LogP contribution < -0.4 is 0 Å². The van der Waals surface area contributed by atoms with Gasteiger partial charge in [0.25, 0.3) is 0 Å². The summed E-state index contributed by atoms with van der Waals surface area (Å²) in [5, 5.41) is 2.38. The van der Waals surface area contributed by atoms with E-state index in [-0.39, 0.29) is 0 Å². The summed E-state index contributed by atoms with van der Waals surface area (Å²) in [5.74, 6) is 2.78. The quantitative estimate of drug-likeness (QED) is 0.166. The van der Waals surface area contributed by atoms with Crippen LogP contribution in [0.15, 0.2) is 200 Å². The molecule has 55 heavy (non-hydrogen) atoms. The second-order valence-corrected chi connectivity index (χ2v) is 13.5. The van der Waals surface area contributed by atoms with Gasteiger partial charge in [-0.25, -0.2) is 19.9 Å². The van der Waals surface area contributed by atoms with E-state index in [1.54, 1.807) is 0 Å². The van der Waals surface area contributed by atoms with Crippen LogP contribution in [0.1, 0.15) is 0 Å². The van der Waals surface area contributed by atoms with Crippen molar-refractivity contribution in [3.05, 3.63) is 200 Å². The fraction of sp³-hybridized carbons (Fsp3) is 0. The van der Waals surface area contributed by atoms with Gasteiger partial charge in [0, 0.05) is 33.7 Å². The first-order chi connectivity index (χ1) is 27.2. The van der Waals surface area contributed by atoms with Gasteiger partial charge in [0.1, 0.15) is 5.82 Å². The number of nitrogens with zero attached hydrogens (tertiary/aromatic N) is 5. The first-order valence-electron chi connectivity index (χ1n) is 18.4. The zero-order valence-corrected chi connectivity index (χ0v) is 29.8. The minimum absolute atomic E-state index is 0.629. The number of fused-ring (bicyclic) bond motifs is 3. The van der Waals surface area contributed by atoms with Crippen molar-refractivity contribution in [1.29, 1.82) is 0 Å². The molecular weight excluding hydrogens is 671 g/mol. The number of rotatable bonds is 7. The summed E-state index contributed by atoms with van der Waals surface area (Å²) in [6, 6.07) is 67.4. The van der Waals surface area contributed by atoms with Crippen LogP contribution in [0.2, 0.25) is 0 Å². The van der Waals surface area contributed by atoms with Gasteiger partial charge in [-0.3, -0.25) is 4.57 Å². The molecule has 7 aromatic carbocycles. The molecule has 0 aliphatic heterocycles. The Hall–Kier alpha value is -7.50. The molecule has 0 radical (unpaired) electrons. The van der Waals surface area contributed by atoms with E-state index in [1.807, 2.05) is 66.9 Å². The Morgan fingerprint density at radius 2 is 0.636 bits per heavy atom. The largest absolute Gasteiger partial charge is 0.294 e. The van der Waals surface area contributed by atoms with Crippen molar-refractivity contribution in [1.82, 2.24) is 24.5 Å². The van der Waals surface area contributed by atoms with Crippen LogP contribution in [0.5, 0.6) is 0 Å². The van der Waals surface area contributed by atoms with E-state index in [9.17, 15) is 0 Å². The minimum atomic E-state index is 0.629. The Balaban J connectivity index is 1.06. The second-order valence-electron chi connectivity index (χ2n) is 13.5. The topological polar surface area (TPSA) is 56.5 Å². The predicted octanol–water partition coefficient (Wildman–Crippen LogP) is 12.4. The van der Waals surface area contributed by atoms with Crippen LogP contribution in [-0.2, 0) is 0 Å². The molecule has 0 N–H and O–H groups in total. The van der Waals surface area contributed by atoms with Gasteiger partial charge in [-0.05, 0) is 69.8 Å². The fourth-order valence-corrected chi connectivity index (χ4v) is 7.36. The number of pyridine rings is 1. The summed E-state index contributed by atoms with van der Waals surface area (Å²) in [6.45, 7) is 0. The number of benzene rings is 7. The molecule has 10 aromatic rings. The molecule has 0 saturated carbocycles. The standard InChI is InChI=1S/C50H33N5/c1-5-13-34(14-6-1)40-25-27-45-43(31-40)44-32-41(35-15-7-2-8-16-35)26-28-46(44)55(45)47-33-42(29-30-51-47)36-21-23-39(24-22-36)50-53-48(37-17-9-3-10-18-37)52-49(54-50)38-19-11-4-12-20-38/h1-33H. The molecule has 5 heteroatoms. The predicted molar refractivity (Wildman–Crippen MR) is 225 cm³/mol. The third-order valence-electron chi connectivity index (χ3n) is 10.1. The summed E-state index contributed by atoms with van der Waals surface area (Å²) >= 11 is 0. The molecule has 0 aliphatic rings. The van der Waals surface area contributed by atoms with E-state index >= 15 is 0 Å². The number of hydrogen-bond acceptors (Lipinski definition) is 4. The summed E-state index contributed by atoms with van der Waals surface area (Å²) in [6.07, 6.45) is 1.90. The Bertz CT molecular complexity index is 2790. The monoisotopic (exact) mass is 703 g/mol. The van der Waals surface area contributed by atoms with Gasteiger partial charge in [-0.1, -0.05) is 158 Å². The van der Waals surface area contributed by atoms with Crippen LogP contribution in [0.4, 0.5) is 0 Å². The smallest absolute Gasteiger partial charge is 0.164 e.